The van der Waals surface area contributed by atoms with Crippen LogP contribution in [0.3, 0.4) is 0 Å². The van der Waals surface area contributed by atoms with E-state index in [2.05, 4.69) is 241 Å². The minimum absolute atomic E-state index is 0.533. The summed E-state index contributed by atoms with van der Waals surface area (Å²) in [7, 11) is 0. The lowest BCUT2D eigenvalue weighted by Crippen LogP contribution is -2.28. The van der Waals surface area contributed by atoms with Gasteiger partial charge in [0.25, 0.3) is 0 Å². The van der Waals surface area contributed by atoms with Crippen LogP contribution in [0.15, 0.2) is 241 Å². The van der Waals surface area contributed by atoms with Crippen molar-refractivity contribution in [2.75, 3.05) is 4.90 Å². The van der Waals surface area contributed by atoms with Crippen molar-refractivity contribution < 1.29 is 4.42 Å². The molecule has 0 atom stereocenters. The third-order valence-electron chi connectivity index (χ3n) is 13.5. The molecular formula is C61H39NO. The first-order valence-corrected chi connectivity index (χ1v) is 21.8. The first kappa shape index (κ1) is 35.5. The van der Waals surface area contributed by atoms with E-state index < -0.39 is 5.41 Å². The Bertz CT molecular complexity index is 3690. The quantitative estimate of drug-likeness (QED) is 0.156. The van der Waals surface area contributed by atoms with E-state index in [4.69, 9.17) is 4.42 Å². The third-order valence-corrected chi connectivity index (χ3v) is 13.5. The third kappa shape index (κ3) is 5.25. The highest BCUT2D eigenvalue weighted by atomic mass is 16.3. The molecule has 0 radical (unpaired) electrons. The summed E-state index contributed by atoms with van der Waals surface area (Å²) >= 11 is 0. The van der Waals surface area contributed by atoms with Crippen molar-refractivity contribution in [3.05, 3.63) is 259 Å². The van der Waals surface area contributed by atoms with Gasteiger partial charge in [-0.3, -0.25) is 0 Å². The van der Waals surface area contributed by atoms with Gasteiger partial charge >= 0.3 is 0 Å². The summed E-state index contributed by atoms with van der Waals surface area (Å²) in [5.74, 6) is 0. The van der Waals surface area contributed by atoms with Crippen LogP contribution in [0.5, 0.6) is 0 Å². The molecule has 11 aromatic carbocycles. The fourth-order valence-electron chi connectivity index (χ4n) is 10.8. The minimum atomic E-state index is -0.533. The summed E-state index contributed by atoms with van der Waals surface area (Å²) in [5, 5.41) is 9.51. The van der Waals surface area contributed by atoms with Crippen LogP contribution in [0.1, 0.15) is 22.3 Å². The van der Waals surface area contributed by atoms with Gasteiger partial charge in [0.1, 0.15) is 11.2 Å². The summed E-state index contributed by atoms with van der Waals surface area (Å²) in [4.78, 5) is 2.48. The van der Waals surface area contributed by atoms with E-state index >= 15 is 0 Å². The number of nitrogens with zero attached hydrogens (tertiary/aromatic N) is 1. The van der Waals surface area contributed by atoms with Crippen LogP contribution in [0.4, 0.5) is 17.1 Å². The van der Waals surface area contributed by atoms with E-state index in [0.29, 0.717) is 0 Å². The molecule has 0 unspecified atom stereocenters. The molecule has 1 heterocycles. The summed E-state index contributed by atoms with van der Waals surface area (Å²) in [5.41, 5.74) is 14.3. The molecule has 1 aliphatic rings. The Kier molecular flexibility index (Phi) is 7.85. The van der Waals surface area contributed by atoms with Crippen LogP contribution < -0.4 is 4.90 Å². The standard InChI is InChI=1S/C61H39NO/c1-3-17-45(18-4-1)61(46-19-5-2-6-20-46)53-24-12-11-23-51(53)58-54(61)25-13-26-55(58)62(56-27-14-28-57-59(56)52-38-33-42-16-8-10-22-50(42)60(52)63-57)47-35-31-40(32-36-47)43-34-37-49-44(39-43)30-29-41-15-7-9-21-48(41)49/h1-39H. The van der Waals surface area contributed by atoms with Gasteiger partial charge in [-0.1, -0.05) is 194 Å². The molecule has 1 aliphatic carbocycles. The lowest BCUT2D eigenvalue weighted by Gasteiger charge is -2.34. The molecule has 0 amide bonds. The van der Waals surface area contributed by atoms with Crippen molar-refractivity contribution in [3.8, 4) is 22.3 Å². The summed E-state index contributed by atoms with van der Waals surface area (Å²) < 4.78 is 6.84. The van der Waals surface area contributed by atoms with Crippen LogP contribution >= 0.6 is 0 Å². The minimum Gasteiger partial charge on any atom is -0.455 e. The molecular weight excluding hydrogens is 763 g/mol. The van der Waals surface area contributed by atoms with E-state index in [0.717, 1.165) is 49.8 Å². The molecule has 2 nitrogen and oxygen atoms in total. The van der Waals surface area contributed by atoms with Crippen molar-refractivity contribution in [2.45, 2.75) is 5.41 Å². The predicted molar refractivity (Wildman–Crippen MR) is 264 cm³/mol. The average Bonchev–Trinajstić information content (AvgIpc) is 3.90. The lowest BCUT2D eigenvalue weighted by atomic mass is 9.68. The molecule has 0 saturated carbocycles. The maximum atomic E-state index is 6.84. The molecule has 0 saturated heterocycles. The van der Waals surface area contributed by atoms with Crippen LogP contribution in [0.2, 0.25) is 0 Å². The Morgan fingerprint density at radius 1 is 0.365 bits per heavy atom. The van der Waals surface area contributed by atoms with Crippen LogP contribution in [-0.4, -0.2) is 0 Å². The van der Waals surface area contributed by atoms with Crippen molar-refractivity contribution >= 4 is 71.3 Å². The summed E-state index contributed by atoms with van der Waals surface area (Å²) in [6.07, 6.45) is 0. The molecule has 294 valence electrons. The second-order valence-corrected chi connectivity index (χ2v) is 16.7. The van der Waals surface area contributed by atoms with Gasteiger partial charge in [0.05, 0.1) is 22.2 Å². The van der Waals surface area contributed by atoms with Gasteiger partial charge in [0.15, 0.2) is 0 Å². The number of anilines is 3. The topological polar surface area (TPSA) is 16.4 Å². The first-order valence-electron chi connectivity index (χ1n) is 21.8. The monoisotopic (exact) mass is 801 g/mol. The van der Waals surface area contributed by atoms with Crippen LogP contribution in [0, 0.1) is 0 Å². The molecule has 0 fully saturated rings. The molecule has 13 rings (SSSR count). The van der Waals surface area contributed by atoms with Crippen LogP contribution in [0.25, 0.3) is 76.5 Å². The largest absolute Gasteiger partial charge is 0.455 e. The second-order valence-electron chi connectivity index (χ2n) is 16.7. The van der Waals surface area contributed by atoms with Gasteiger partial charge in [-0.15, -0.1) is 0 Å². The van der Waals surface area contributed by atoms with Gasteiger partial charge in [-0.2, -0.15) is 0 Å². The molecule has 0 N–H and O–H groups in total. The average molecular weight is 802 g/mol. The molecule has 1 aromatic heterocycles. The highest BCUT2D eigenvalue weighted by Crippen LogP contribution is 2.60. The Morgan fingerprint density at radius 3 is 1.73 bits per heavy atom. The Hall–Kier alpha value is -8.20. The first-order chi connectivity index (χ1) is 31.3. The zero-order chi connectivity index (χ0) is 41.5. The zero-order valence-corrected chi connectivity index (χ0v) is 34.4. The van der Waals surface area contributed by atoms with E-state index in [1.165, 1.54) is 66.1 Å². The number of hydrogen-bond acceptors (Lipinski definition) is 2. The molecule has 12 aromatic rings. The van der Waals surface area contributed by atoms with Crippen molar-refractivity contribution in [2.24, 2.45) is 0 Å². The van der Waals surface area contributed by atoms with Gasteiger partial charge in [-0.25, -0.2) is 0 Å². The molecule has 0 bridgehead atoms. The zero-order valence-electron chi connectivity index (χ0n) is 34.4. The second kappa shape index (κ2) is 13.9. The van der Waals surface area contributed by atoms with Gasteiger partial charge in [0.2, 0.25) is 0 Å². The molecule has 0 aliphatic heterocycles. The summed E-state index contributed by atoms with van der Waals surface area (Å²) in [6, 6.07) is 86.6. The normalized spacial score (nSPS) is 12.9. The number of benzene rings is 11. The van der Waals surface area contributed by atoms with Crippen LogP contribution in [-0.2, 0) is 5.41 Å². The Balaban J connectivity index is 1.07. The van der Waals surface area contributed by atoms with E-state index in [1.54, 1.807) is 0 Å². The Labute approximate surface area is 365 Å². The number of furan rings is 1. The fraction of sp³-hybridized carbons (Fsp3) is 0.0164. The Morgan fingerprint density at radius 2 is 0.937 bits per heavy atom. The number of hydrogen-bond donors (Lipinski definition) is 0. The number of fused-ring (bicyclic) bond motifs is 11. The highest BCUT2D eigenvalue weighted by molar-refractivity contribution is 6.20. The van der Waals surface area contributed by atoms with Gasteiger partial charge in [0, 0.05) is 22.0 Å². The van der Waals surface area contributed by atoms with E-state index in [1.807, 2.05) is 0 Å². The molecule has 2 heteroatoms. The smallest absolute Gasteiger partial charge is 0.143 e. The van der Waals surface area contributed by atoms with Gasteiger partial charge in [-0.05, 0) is 108 Å². The fourth-order valence-corrected chi connectivity index (χ4v) is 10.8. The lowest BCUT2D eigenvalue weighted by molar-refractivity contribution is 0.672. The summed E-state index contributed by atoms with van der Waals surface area (Å²) in [6.45, 7) is 0. The maximum absolute atomic E-state index is 6.84. The molecule has 0 spiro atoms. The predicted octanol–water partition coefficient (Wildman–Crippen LogP) is 16.5. The van der Waals surface area contributed by atoms with Crippen molar-refractivity contribution in [3.63, 3.8) is 0 Å². The van der Waals surface area contributed by atoms with Crippen molar-refractivity contribution in [1.82, 2.24) is 0 Å². The highest BCUT2D eigenvalue weighted by Gasteiger charge is 2.47. The van der Waals surface area contributed by atoms with E-state index in [-0.39, 0.29) is 0 Å². The SMILES string of the molecule is c1ccc(C2(c3ccccc3)c3ccccc3-c3c(N(c4ccc(-c5ccc6c(ccc7ccccc76)c5)cc4)c4cccc5oc6c7ccccc7ccc6c45)cccc32)cc1. The maximum Gasteiger partial charge on any atom is 0.143 e. The molecule has 63 heavy (non-hydrogen) atoms. The van der Waals surface area contributed by atoms with E-state index in [9.17, 15) is 0 Å². The number of rotatable bonds is 6. The van der Waals surface area contributed by atoms with Crippen molar-refractivity contribution in [1.29, 1.82) is 0 Å². The van der Waals surface area contributed by atoms with Gasteiger partial charge < -0.3 is 9.32 Å².